The summed E-state index contributed by atoms with van der Waals surface area (Å²) in [7, 11) is 0. The number of carbonyl (C=O) groups is 2. The molecule has 0 fully saturated rings. The number of allylic oxidation sites excluding steroid dienone is 3. The van der Waals surface area contributed by atoms with Crippen molar-refractivity contribution in [3.8, 4) is 0 Å². The molecular weight excluding hydrogens is 410 g/mol. The largest absolute Gasteiger partial charge is 0.461 e. The molecule has 0 heterocycles. The van der Waals surface area contributed by atoms with Crippen molar-refractivity contribution < 1.29 is 29.4 Å². The lowest BCUT2D eigenvalue weighted by atomic mass is 9.65. The summed E-state index contributed by atoms with van der Waals surface area (Å²) in [6.45, 7) is 10.1. The lowest BCUT2D eigenvalue weighted by Crippen LogP contribution is -2.43. The standard InChI is InChI=1S/C25H41NO6/c1-6-25(4,5)24(30)31-21-12-15(2)11-17-8-7-16(3)20(23(17)21)10-9-18(27)13-19(28)14-22(29)32-26/h7-8,11,15-16,18-21,23,27-28H,6,9-10,12-14,26H2,1-5H3/t15?,16-,18?,19+,20-,21?,23-/m0/s1. The Bertz CT molecular complexity index is 715. The fourth-order valence-corrected chi connectivity index (χ4v) is 4.80. The van der Waals surface area contributed by atoms with Crippen LogP contribution in [0.3, 0.4) is 0 Å². The molecule has 0 aliphatic heterocycles. The van der Waals surface area contributed by atoms with Crippen LogP contribution in [0.1, 0.15) is 73.1 Å². The molecule has 2 aliphatic carbocycles. The van der Waals surface area contributed by atoms with E-state index in [2.05, 4.69) is 36.9 Å². The summed E-state index contributed by atoms with van der Waals surface area (Å²) < 4.78 is 6.11. The summed E-state index contributed by atoms with van der Waals surface area (Å²) in [6.07, 6.45) is 7.24. The van der Waals surface area contributed by atoms with E-state index in [0.717, 1.165) is 12.8 Å². The minimum Gasteiger partial charge on any atom is -0.461 e. The highest BCUT2D eigenvalue weighted by molar-refractivity contribution is 5.76. The predicted octanol–water partition coefficient (Wildman–Crippen LogP) is 3.44. The van der Waals surface area contributed by atoms with E-state index in [1.807, 2.05) is 20.8 Å². The van der Waals surface area contributed by atoms with Gasteiger partial charge in [0.1, 0.15) is 6.10 Å². The van der Waals surface area contributed by atoms with E-state index in [0.29, 0.717) is 18.8 Å². The molecule has 2 rings (SSSR count). The Morgan fingerprint density at radius 3 is 2.56 bits per heavy atom. The van der Waals surface area contributed by atoms with Crippen molar-refractivity contribution in [1.29, 1.82) is 0 Å². The zero-order valence-electron chi connectivity index (χ0n) is 20.1. The quantitative estimate of drug-likeness (QED) is 0.344. The molecule has 0 bridgehead atoms. The van der Waals surface area contributed by atoms with Crippen molar-refractivity contribution in [2.45, 2.75) is 91.5 Å². The van der Waals surface area contributed by atoms with Crippen LogP contribution in [0, 0.1) is 29.1 Å². The van der Waals surface area contributed by atoms with Crippen molar-refractivity contribution in [3.63, 3.8) is 0 Å². The highest BCUT2D eigenvalue weighted by Crippen LogP contribution is 2.45. The summed E-state index contributed by atoms with van der Waals surface area (Å²) in [5, 5.41) is 20.4. The van der Waals surface area contributed by atoms with Gasteiger partial charge in [0.2, 0.25) is 0 Å². The first-order valence-electron chi connectivity index (χ1n) is 11.8. The number of aliphatic hydroxyl groups excluding tert-OH is 2. The van der Waals surface area contributed by atoms with Crippen LogP contribution in [-0.4, -0.2) is 40.5 Å². The second-order valence-corrected chi connectivity index (χ2v) is 10.3. The highest BCUT2D eigenvalue weighted by atomic mass is 16.7. The minimum absolute atomic E-state index is 0.0829. The fourth-order valence-electron chi connectivity index (χ4n) is 4.80. The van der Waals surface area contributed by atoms with Gasteiger partial charge in [-0.15, -0.1) is 0 Å². The summed E-state index contributed by atoms with van der Waals surface area (Å²) in [5.74, 6) is 4.84. The van der Waals surface area contributed by atoms with Gasteiger partial charge in [-0.05, 0) is 69.3 Å². The second kappa shape index (κ2) is 11.4. The van der Waals surface area contributed by atoms with Crippen LogP contribution in [0.15, 0.2) is 23.8 Å². The van der Waals surface area contributed by atoms with Gasteiger partial charge in [-0.3, -0.25) is 9.59 Å². The van der Waals surface area contributed by atoms with Gasteiger partial charge in [0.25, 0.3) is 0 Å². The zero-order valence-corrected chi connectivity index (χ0v) is 20.1. The Balaban J connectivity index is 2.10. The Kier molecular flexibility index (Phi) is 9.49. The average molecular weight is 452 g/mol. The summed E-state index contributed by atoms with van der Waals surface area (Å²) in [5.41, 5.74) is 0.687. The van der Waals surface area contributed by atoms with Crippen LogP contribution < -0.4 is 5.90 Å². The van der Waals surface area contributed by atoms with E-state index in [9.17, 15) is 19.8 Å². The molecule has 0 aromatic carbocycles. The van der Waals surface area contributed by atoms with Gasteiger partial charge in [-0.1, -0.05) is 39.0 Å². The van der Waals surface area contributed by atoms with Gasteiger partial charge in [0.15, 0.2) is 0 Å². The number of fused-ring (bicyclic) bond motifs is 1. The van der Waals surface area contributed by atoms with Crippen LogP contribution in [0.2, 0.25) is 0 Å². The third kappa shape index (κ3) is 6.90. The van der Waals surface area contributed by atoms with Gasteiger partial charge in [0, 0.05) is 5.92 Å². The molecule has 0 aromatic heterocycles. The van der Waals surface area contributed by atoms with Gasteiger partial charge >= 0.3 is 11.9 Å². The third-order valence-corrected chi connectivity index (χ3v) is 7.20. The van der Waals surface area contributed by atoms with E-state index < -0.39 is 23.6 Å². The number of ether oxygens (including phenoxy) is 1. The van der Waals surface area contributed by atoms with Crippen LogP contribution in [-0.2, 0) is 19.2 Å². The van der Waals surface area contributed by atoms with Crippen molar-refractivity contribution in [1.82, 2.24) is 0 Å². The van der Waals surface area contributed by atoms with Gasteiger partial charge in [-0.2, -0.15) is 5.90 Å². The minimum atomic E-state index is -0.999. The van der Waals surface area contributed by atoms with Crippen LogP contribution in [0.25, 0.3) is 0 Å². The molecule has 32 heavy (non-hydrogen) atoms. The maximum Gasteiger partial charge on any atom is 0.327 e. The molecular formula is C25H41NO6. The molecule has 4 N–H and O–H groups in total. The molecule has 182 valence electrons. The summed E-state index contributed by atoms with van der Waals surface area (Å²) in [4.78, 5) is 28.1. The number of esters is 1. The molecule has 7 atom stereocenters. The number of nitrogens with two attached hydrogens (primary N) is 1. The molecule has 0 amide bonds. The lowest BCUT2D eigenvalue weighted by Gasteiger charge is -2.44. The van der Waals surface area contributed by atoms with Gasteiger partial charge in [-0.25, -0.2) is 0 Å². The smallest absolute Gasteiger partial charge is 0.327 e. The van der Waals surface area contributed by atoms with E-state index in [1.165, 1.54) is 5.57 Å². The van der Waals surface area contributed by atoms with E-state index in [4.69, 9.17) is 10.6 Å². The van der Waals surface area contributed by atoms with Gasteiger partial charge < -0.3 is 19.8 Å². The fraction of sp³-hybridized carbons (Fsp3) is 0.760. The second-order valence-electron chi connectivity index (χ2n) is 10.3. The van der Waals surface area contributed by atoms with E-state index >= 15 is 0 Å². The van der Waals surface area contributed by atoms with Crippen LogP contribution >= 0.6 is 0 Å². The molecule has 0 saturated carbocycles. The molecule has 0 aromatic rings. The number of hydrogen-bond acceptors (Lipinski definition) is 7. The molecule has 7 nitrogen and oxygen atoms in total. The first-order chi connectivity index (χ1) is 15.0. The Hall–Kier alpha value is -1.70. The monoisotopic (exact) mass is 451 g/mol. The normalized spacial score (nSPS) is 29.5. The highest BCUT2D eigenvalue weighted by Gasteiger charge is 2.42. The average Bonchev–Trinajstić information content (AvgIpc) is 2.72. The number of aliphatic hydroxyl groups is 2. The van der Waals surface area contributed by atoms with Crippen molar-refractivity contribution in [2.75, 3.05) is 0 Å². The van der Waals surface area contributed by atoms with Crippen molar-refractivity contribution in [3.05, 3.63) is 23.8 Å². The maximum absolute atomic E-state index is 12.9. The Morgan fingerprint density at radius 1 is 1.25 bits per heavy atom. The molecule has 2 aliphatic rings. The SMILES string of the molecule is CCC(C)(C)C(=O)OC1CC(C)C=C2C=C[C@H](C)[C@H](CCC(O)C[C@@H](O)CC(=O)ON)[C@H]21. The maximum atomic E-state index is 12.9. The third-order valence-electron chi connectivity index (χ3n) is 7.20. The molecule has 3 unspecified atom stereocenters. The molecule has 0 saturated heterocycles. The Labute approximate surface area is 192 Å². The molecule has 7 heteroatoms. The first-order valence-corrected chi connectivity index (χ1v) is 11.8. The molecule has 0 radical (unpaired) electrons. The van der Waals surface area contributed by atoms with Crippen molar-refractivity contribution in [2.24, 2.45) is 35.0 Å². The zero-order chi connectivity index (χ0) is 24.1. The predicted molar refractivity (Wildman–Crippen MR) is 122 cm³/mol. The Morgan fingerprint density at radius 2 is 1.94 bits per heavy atom. The number of rotatable bonds is 10. The van der Waals surface area contributed by atoms with Crippen molar-refractivity contribution >= 4 is 11.9 Å². The molecule has 0 spiro atoms. The number of hydrogen-bond donors (Lipinski definition) is 3. The number of carbonyl (C=O) groups excluding carboxylic acids is 2. The summed E-state index contributed by atoms with van der Waals surface area (Å²) >= 11 is 0. The summed E-state index contributed by atoms with van der Waals surface area (Å²) in [6, 6.07) is 0. The lowest BCUT2D eigenvalue weighted by molar-refractivity contribution is -0.164. The van der Waals surface area contributed by atoms with Crippen LogP contribution in [0.4, 0.5) is 0 Å². The topological polar surface area (TPSA) is 119 Å². The van der Waals surface area contributed by atoms with Gasteiger partial charge in [0.05, 0.1) is 24.0 Å². The van der Waals surface area contributed by atoms with Crippen LogP contribution in [0.5, 0.6) is 0 Å². The van der Waals surface area contributed by atoms with E-state index in [1.54, 1.807) is 0 Å². The first kappa shape index (κ1) is 26.6. The van der Waals surface area contributed by atoms with E-state index in [-0.39, 0.29) is 42.7 Å².